The summed E-state index contributed by atoms with van der Waals surface area (Å²) in [5.41, 5.74) is 8.26. The zero-order valence-electron chi connectivity index (χ0n) is 12.5. The van der Waals surface area contributed by atoms with Crippen molar-refractivity contribution in [1.29, 1.82) is 0 Å². The van der Waals surface area contributed by atoms with Crippen molar-refractivity contribution >= 4 is 22.4 Å². The van der Waals surface area contributed by atoms with E-state index in [9.17, 15) is 0 Å². The average Bonchev–Trinajstić information content (AvgIpc) is 2.90. The Balaban J connectivity index is 1.91. The number of piperazine rings is 1. The number of nitrogens with two attached hydrogens (primary N) is 1. The Labute approximate surface area is 129 Å². The summed E-state index contributed by atoms with van der Waals surface area (Å²) in [6.45, 7) is 8.75. The zero-order valence-corrected chi connectivity index (χ0v) is 13.3. The van der Waals surface area contributed by atoms with Crippen molar-refractivity contribution in [3.8, 4) is 11.1 Å². The van der Waals surface area contributed by atoms with Gasteiger partial charge in [-0.3, -0.25) is 9.88 Å². The van der Waals surface area contributed by atoms with Crippen LogP contribution in [0.4, 0.5) is 10.8 Å². The fraction of sp³-hybridized carbons (Fsp3) is 0.467. The number of anilines is 2. The van der Waals surface area contributed by atoms with E-state index in [0.717, 1.165) is 37.3 Å². The highest BCUT2D eigenvalue weighted by molar-refractivity contribution is 7.11. The summed E-state index contributed by atoms with van der Waals surface area (Å²) in [5.74, 6) is 0.617. The Bertz CT molecular complexity index is 597. The lowest BCUT2D eigenvalue weighted by molar-refractivity contribution is 0.200. The molecule has 0 bridgehead atoms. The molecule has 0 saturated carbocycles. The monoisotopic (exact) mass is 303 g/mol. The van der Waals surface area contributed by atoms with Crippen LogP contribution in [0.5, 0.6) is 0 Å². The standard InChI is InChI=1S/C15H21N5S/c1-3-19-8-9-20(10-11(19)2)15-13(14(16)18-21-15)12-4-6-17-7-5-12/h4-7,11H,3,8-10H2,1-2H3,(H2,16,18). The third kappa shape index (κ3) is 2.73. The van der Waals surface area contributed by atoms with Crippen LogP contribution < -0.4 is 10.6 Å². The van der Waals surface area contributed by atoms with Gasteiger partial charge < -0.3 is 10.6 Å². The quantitative estimate of drug-likeness (QED) is 0.943. The van der Waals surface area contributed by atoms with Crippen molar-refractivity contribution in [2.24, 2.45) is 0 Å². The number of rotatable bonds is 3. The molecule has 112 valence electrons. The lowest BCUT2D eigenvalue weighted by atomic mass is 10.1. The highest BCUT2D eigenvalue weighted by atomic mass is 32.1. The molecule has 1 saturated heterocycles. The number of nitrogen functional groups attached to an aromatic ring is 1. The Morgan fingerprint density at radius 2 is 2.10 bits per heavy atom. The first kappa shape index (κ1) is 14.3. The van der Waals surface area contributed by atoms with Gasteiger partial charge in [-0.1, -0.05) is 6.92 Å². The molecule has 21 heavy (non-hydrogen) atoms. The number of likely N-dealkylation sites (N-methyl/N-ethyl adjacent to an activating group) is 1. The minimum Gasteiger partial charge on any atom is -0.382 e. The molecule has 3 heterocycles. The highest BCUT2D eigenvalue weighted by Crippen LogP contribution is 2.39. The third-order valence-corrected chi connectivity index (χ3v) is 5.05. The molecule has 2 aromatic rings. The van der Waals surface area contributed by atoms with Crippen molar-refractivity contribution in [3.05, 3.63) is 24.5 Å². The molecule has 1 atom stereocenters. The summed E-state index contributed by atoms with van der Waals surface area (Å²) in [5, 5.41) is 1.18. The Hall–Kier alpha value is -1.66. The Morgan fingerprint density at radius 3 is 2.76 bits per heavy atom. The van der Waals surface area contributed by atoms with E-state index in [1.807, 2.05) is 12.1 Å². The Morgan fingerprint density at radius 1 is 1.33 bits per heavy atom. The van der Waals surface area contributed by atoms with Gasteiger partial charge in [0.05, 0.1) is 5.56 Å². The van der Waals surface area contributed by atoms with Crippen LogP contribution in [0.3, 0.4) is 0 Å². The number of hydrogen-bond acceptors (Lipinski definition) is 6. The molecule has 3 rings (SSSR count). The average molecular weight is 303 g/mol. The first-order valence-corrected chi connectivity index (χ1v) is 8.12. The molecule has 1 aliphatic rings. The van der Waals surface area contributed by atoms with Crippen LogP contribution in [0.25, 0.3) is 11.1 Å². The molecular weight excluding hydrogens is 282 g/mol. The number of hydrogen-bond donors (Lipinski definition) is 1. The normalized spacial score (nSPS) is 19.9. The number of nitrogens with zero attached hydrogens (tertiary/aromatic N) is 4. The van der Waals surface area contributed by atoms with Gasteiger partial charge in [0.25, 0.3) is 0 Å². The van der Waals surface area contributed by atoms with E-state index in [4.69, 9.17) is 5.73 Å². The fourth-order valence-electron chi connectivity index (χ4n) is 2.95. The molecule has 1 aliphatic heterocycles. The van der Waals surface area contributed by atoms with E-state index < -0.39 is 0 Å². The molecule has 1 unspecified atom stereocenters. The minimum absolute atomic E-state index is 0.553. The largest absolute Gasteiger partial charge is 0.382 e. The van der Waals surface area contributed by atoms with Crippen LogP contribution >= 0.6 is 11.5 Å². The molecule has 5 nitrogen and oxygen atoms in total. The summed E-state index contributed by atoms with van der Waals surface area (Å²) in [6.07, 6.45) is 3.60. The van der Waals surface area contributed by atoms with E-state index in [0.29, 0.717) is 11.9 Å². The van der Waals surface area contributed by atoms with Gasteiger partial charge in [-0.2, -0.15) is 4.37 Å². The lowest BCUT2D eigenvalue weighted by Crippen LogP contribution is -2.51. The van der Waals surface area contributed by atoms with Crippen molar-refractivity contribution < 1.29 is 0 Å². The van der Waals surface area contributed by atoms with Crippen LogP contribution in [0.2, 0.25) is 0 Å². The summed E-state index contributed by atoms with van der Waals surface area (Å²) in [6, 6.07) is 4.54. The second-order valence-electron chi connectivity index (χ2n) is 5.41. The van der Waals surface area contributed by atoms with Gasteiger partial charge in [0.15, 0.2) is 0 Å². The predicted molar refractivity (Wildman–Crippen MR) is 88.7 cm³/mol. The van der Waals surface area contributed by atoms with Gasteiger partial charge in [-0.25, -0.2) is 0 Å². The summed E-state index contributed by atoms with van der Waals surface area (Å²) in [4.78, 5) is 9.01. The van der Waals surface area contributed by atoms with Gasteiger partial charge in [0, 0.05) is 38.1 Å². The molecule has 0 radical (unpaired) electrons. The van der Waals surface area contributed by atoms with Crippen LogP contribution in [0.1, 0.15) is 13.8 Å². The van der Waals surface area contributed by atoms with Crippen molar-refractivity contribution in [2.45, 2.75) is 19.9 Å². The van der Waals surface area contributed by atoms with E-state index >= 15 is 0 Å². The number of aromatic nitrogens is 2. The molecule has 0 aromatic carbocycles. The van der Waals surface area contributed by atoms with E-state index in [1.54, 1.807) is 12.4 Å². The second kappa shape index (κ2) is 5.99. The molecule has 0 aliphatic carbocycles. The molecule has 2 N–H and O–H groups in total. The molecule has 6 heteroatoms. The number of pyridine rings is 1. The van der Waals surface area contributed by atoms with E-state index in [1.165, 1.54) is 16.5 Å². The van der Waals surface area contributed by atoms with Gasteiger partial charge >= 0.3 is 0 Å². The summed E-state index contributed by atoms with van der Waals surface area (Å²) >= 11 is 1.50. The first-order chi connectivity index (χ1) is 10.2. The molecule has 1 fully saturated rings. The third-order valence-electron chi connectivity index (χ3n) is 4.13. The van der Waals surface area contributed by atoms with Gasteiger partial charge in [-0.05, 0) is 42.7 Å². The van der Waals surface area contributed by atoms with Gasteiger partial charge in [0.2, 0.25) is 0 Å². The maximum Gasteiger partial charge on any atom is 0.147 e. The van der Waals surface area contributed by atoms with E-state index in [-0.39, 0.29) is 0 Å². The van der Waals surface area contributed by atoms with Crippen molar-refractivity contribution in [2.75, 3.05) is 36.8 Å². The molecular formula is C15H21N5S. The molecule has 0 amide bonds. The van der Waals surface area contributed by atoms with Crippen molar-refractivity contribution in [1.82, 2.24) is 14.3 Å². The fourth-order valence-corrected chi connectivity index (χ4v) is 3.82. The van der Waals surface area contributed by atoms with Gasteiger partial charge in [0.1, 0.15) is 10.8 Å². The molecule has 0 spiro atoms. The lowest BCUT2D eigenvalue weighted by Gasteiger charge is -2.40. The predicted octanol–water partition coefficient (Wildman–Crippen LogP) is 2.32. The maximum atomic E-state index is 6.11. The SMILES string of the molecule is CCN1CCN(c2snc(N)c2-c2ccncc2)CC1C. The highest BCUT2D eigenvalue weighted by Gasteiger charge is 2.26. The zero-order chi connectivity index (χ0) is 14.8. The van der Waals surface area contributed by atoms with Crippen molar-refractivity contribution in [3.63, 3.8) is 0 Å². The minimum atomic E-state index is 0.553. The van der Waals surface area contributed by atoms with Crippen LogP contribution in [-0.2, 0) is 0 Å². The second-order valence-corrected chi connectivity index (χ2v) is 6.16. The van der Waals surface area contributed by atoms with Gasteiger partial charge in [-0.15, -0.1) is 0 Å². The van der Waals surface area contributed by atoms with Crippen LogP contribution in [-0.4, -0.2) is 46.5 Å². The van der Waals surface area contributed by atoms with Crippen LogP contribution in [0.15, 0.2) is 24.5 Å². The smallest absolute Gasteiger partial charge is 0.147 e. The Kier molecular flexibility index (Phi) is 4.07. The van der Waals surface area contributed by atoms with Crippen LogP contribution in [0, 0.1) is 0 Å². The summed E-state index contributed by atoms with van der Waals surface area (Å²) in [7, 11) is 0. The summed E-state index contributed by atoms with van der Waals surface area (Å²) < 4.78 is 4.38. The van der Waals surface area contributed by atoms with E-state index in [2.05, 4.69) is 33.0 Å². The molecule has 2 aromatic heterocycles. The maximum absolute atomic E-state index is 6.11. The first-order valence-electron chi connectivity index (χ1n) is 7.35. The topological polar surface area (TPSA) is 58.3 Å².